The van der Waals surface area contributed by atoms with E-state index in [0.29, 0.717) is 41.2 Å². The largest absolute Gasteiger partial charge is 0.495 e. The van der Waals surface area contributed by atoms with Crippen molar-refractivity contribution in [1.29, 1.82) is 0 Å². The lowest BCUT2D eigenvalue weighted by Gasteiger charge is -2.11. The monoisotopic (exact) mass is 409 g/mol. The van der Waals surface area contributed by atoms with Crippen molar-refractivity contribution in [3.8, 4) is 17.2 Å². The summed E-state index contributed by atoms with van der Waals surface area (Å²) in [6, 6.07) is 12.7. The number of rotatable bonds is 11. The molecule has 7 heteroatoms. The van der Waals surface area contributed by atoms with Gasteiger partial charge in [0.05, 0.1) is 31.8 Å². The number of methoxy groups -OCH3 is 1. The number of halogens is 1. The highest BCUT2D eigenvalue weighted by Crippen LogP contribution is 2.27. The highest BCUT2D eigenvalue weighted by Gasteiger charge is 2.08. The number of hydrogen-bond acceptors (Lipinski definition) is 5. The van der Waals surface area contributed by atoms with Crippen LogP contribution >= 0.6 is 23.4 Å². The molecule has 0 saturated heterocycles. The van der Waals surface area contributed by atoms with Crippen LogP contribution in [0.15, 0.2) is 42.5 Å². The molecular weight excluding hydrogens is 386 g/mol. The summed E-state index contributed by atoms with van der Waals surface area (Å²) in [4.78, 5) is 12.1. The summed E-state index contributed by atoms with van der Waals surface area (Å²) in [5.41, 5.74) is 0.567. The number of carbonyl (C=O) groups is 1. The van der Waals surface area contributed by atoms with Crippen molar-refractivity contribution in [2.24, 2.45) is 0 Å². The third-order valence-corrected chi connectivity index (χ3v) is 4.62. The molecule has 0 unspecified atom stereocenters. The smallest absolute Gasteiger partial charge is 0.234 e. The van der Waals surface area contributed by atoms with Gasteiger partial charge in [-0.2, -0.15) is 0 Å². The Bertz CT molecular complexity index is 724. The fraction of sp³-hybridized carbons (Fsp3) is 0.350. The van der Waals surface area contributed by atoms with Crippen molar-refractivity contribution < 1.29 is 19.0 Å². The first kappa shape index (κ1) is 21.3. The Balaban J connectivity index is 1.66. The molecule has 0 aromatic heterocycles. The summed E-state index contributed by atoms with van der Waals surface area (Å²) in [6.07, 6.45) is 0.979. The van der Waals surface area contributed by atoms with Gasteiger partial charge < -0.3 is 19.5 Å². The highest BCUT2D eigenvalue weighted by atomic mass is 35.5. The molecular formula is C20H24ClNO4S. The van der Waals surface area contributed by atoms with Gasteiger partial charge in [0.15, 0.2) is 0 Å². The molecule has 0 radical (unpaired) electrons. The van der Waals surface area contributed by atoms with Crippen LogP contribution in [0, 0.1) is 0 Å². The van der Waals surface area contributed by atoms with Crippen LogP contribution in [0.2, 0.25) is 5.02 Å². The summed E-state index contributed by atoms with van der Waals surface area (Å²) in [5, 5.41) is 3.35. The number of hydrogen-bond donors (Lipinski definition) is 1. The zero-order valence-electron chi connectivity index (χ0n) is 15.5. The predicted molar refractivity (Wildman–Crippen MR) is 112 cm³/mol. The summed E-state index contributed by atoms with van der Waals surface area (Å²) >= 11 is 7.46. The molecule has 1 amide bonds. The molecule has 0 fully saturated rings. The minimum absolute atomic E-state index is 0.113. The zero-order valence-corrected chi connectivity index (χ0v) is 17.1. The molecule has 0 aliphatic rings. The minimum Gasteiger partial charge on any atom is -0.495 e. The molecule has 0 aliphatic heterocycles. The van der Waals surface area contributed by atoms with Crippen molar-refractivity contribution in [1.82, 2.24) is 0 Å². The average Bonchev–Trinajstić information content (AvgIpc) is 2.67. The van der Waals surface area contributed by atoms with E-state index in [-0.39, 0.29) is 5.91 Å². The van der Waals surface area contributed by atoms with Crippen LogP contribution < -0.4 is 19.5 Å². The highest BCUT2D eigenvalue weighted by molar-refractivity contribution is 7.99. The maximum absolute atomic E-state index is 12.1. The molecule has 0 aliphatic carbocycles. The van der Waals surface area contributed by atoms with E-state index < -0.39 is 0 Å². The molecule has 2 aromatic rings. The molecule has 0 atom stereocenters. The quantitative estimate of drug-likeness (QED) is 0.535. The summed E-state index contributed by atoms with van der Waals surface area (Å²) in [7, 11) is 1.55. The van der Waals surface area contributed by atoms with E-state index in [1.54, 1.807) is 25.3 Å². The average molecular weight is 410 g/mol. The van der Waals surface area contributed by atoms with Crippen LogP contribution in [0.5, 0.6) is 17.2 Å². The van der Waals surface area contributed by atoms with Gasteiger partial charge in [0.25, 0.3) is 0 Å². The Hall–Kier alpha value is -2.05. The van der Waals surface area contributed by atoms with Crippen LogP contribution in [-0.4, -0.2) is 37.7 Å². The second-order valence-corrected chi connectivity index (χ2v) is 7.16. The van der Waals surface area contributed by atoms with Gasteiger partial charge in [0.2, 0.25) is 5.91 Å². The van der Waals surface area contributed by atoms with E-state index in [9.17, 15) is 4.79 Å². The van der Waals surface area contributed by atoms with Gasteiger partial charge in [0.1, 0.15) is 17.2 Å². The van der Waals surface area contributed by atoms with Gasteiger partial charge in [-0.15, -0.1) is 11.8 Å². The maximum Gasteiger partial charge on any atom is 0.234 e. The van der Waals surface area contributed by atoms with Crippen molar-refractivity contribution in [2.45, 2.75) is 13.3 Å². The van der Waals surface area contributed by atoms with E-state index in [1.165, 1.54) is 11.8 Å². The molecule has 5 nitrogen and oxygen atoms in total. The van der Waals surface area contributed by atoms with Gasteiger partial charge in [-0.25, -0.2) is 0 Å². The number of nitrogens with one attached hydrogen (secondary N) is 1. The second kappa shape index (κ2) is 11.6. The standard InChI is InChI=1S/C20H24ClNO4S/c1-3-10-25-16-5-7-17(8-6-16)26-11-12-27-14-20(23)22-18-13-15(21)4-9-19(18)24-2/h4-9,13H,3,10-12,14H2,1-2H3,(H,22,23). The minimum atomic E-state index is -0.113. The van der Waals surface area contributed by atoms with Crippen molar-refractivity contribution in [2.75, 3.05) is 37.1 Å². The van der Waals surface area contributed by atoms with Crippen LogP contribution in [0.3, 0.4) is 0 Å². The number of benzene rings is 2. The lowest BCUT2D eigenvalue weighted by molar-refractivity contribution is -0.113. The van der Waals surface area contributed by atoms with Crippen LogP contribution in [-0.2, 0) is 4.79 Å². The van der Waals surface area contributed by atoms with Gasteiger partial charge >= 0.3 is 0 Å². The summed E-state index contributed by atoms with van der Waals surface area (Å²) in [5.74, 6) is 3.11. The lowest BCUT2D eigenvalue weighted by Crippen LogP contribution is -2.15. The first-order valence-corrected chi connectivity index (χ1v) is 10.2. The molecule has 1 N–H and O–H groups in total. The van der Waals surface area contributed by atoms with Crippen molar-refractivity contribution in [3.63, 3.8) is 0 Å². The molecule has 146 valence electrons. The van der Waals surface area contributed by atoms with Crippen LogP contribution in [0.1, 0.15) is 13.3 Å². The fourth-order valence-corrected chi connectivity index (χ4v) is 2.97. The Morgan fingerprint density at radius 2 is 1.74 bits per heavy atom. The molecule has 0 bridgehead atoms. The van der Waals surface area contributed by atoms with E-state index in [2.05, 4.69) is 12.2 Å². The van der Waals surface area contributed by atoms with Crippen molar-refractivity contribution in [3.05, 3.63) is 47.5 Å². The Kier molecular flexibility index (Phi) is 9.15. The van der Waals surface area contributed by atoms with Gasteiger partial charge in [0, 0.05) is 10.8 Å². The first-order chi connectivity index (χ1) is 13.1. The number of ether oxygens (including phenoxy) is 3. The Morgan fingerprint density at radius 1 is 1.07 bits per heavy atom. The SMILES string of the molecule is CCCOc1ccc(OCCSCC(=O)Nc2cc(Cl)ccc2OC)cc1. The molecule has 2 rings (SSSR count). The number of carbonyl (C=O) groups excluding carboxylic acids is 1. The van der Waals surface area contributed by atoms with E-state index in [1.807, 2.05) is 24.3 Å². The maximum atomic E-state index is 12.1. The molecule has 0 heterocycles. The fourth-order valence-electron chi connectivity index (χ4n) is 2.20. The van der Waals surface area contributed by atoms with E-state index >= 15 is 0 Å². The van der Waals surface area contributed by atoms with E-state index in [0.717, 1.165) is 17.9 Å². The summed E-state index contributed by atoms with van der Waals surface area (Å²) < 4.78 is 16.4. The molecule has 0 saturated carbocycles. The second-order valence-electron chi connectivity index (χ2n) is 5.61. The van der Waals surface area contributed by atoms with Crippen LogP contribution in [0.25, 0.3) is 0 Å². The van der Waals surface area contributed by atoms with Gasteiger partial charge in [-0.3, -0.25) is 4.79 Å². The first-order valence-electron chi connectivity index (χ1n) is 8.69. The normalized spacial score (nSPS) is 10.3. The van der Waals surface area contributed by atoms with Crippen molar-refractivity contribution >= 4 is 35.0 Å². The predicted octanol–water partition coefficient (Wildman–Crippen LogP) is 4.89. The molecule has 0 spiro atoms. The third-order valence-electron chi connectivity index (χ3n) is 3.46. The Morgan fingerprint density at radius 3 is 2.37 bits per heavy atom. The van der Waals surface area contributed by atoms with Gasteiger partial charge in [-0.05, 0) is 48.9 Å². The number of thioether (sulfide) groups is 1. The molecule has 2 aromatic carbocycles. The molecule has 27 heavy (non-hydrogen) atoms. The van der Waals surface area contributed by atoms with Gasteiger partial charge in [-0.1, -0.05) is 18.5 Å². The summed E-state index contributed by atoms with van der Waals surface area (Å²) in [6.45, 7) is 3.30. The third kappa shape index (κ3) is 7.61. The topological polar surface area (TPSA) is 56.8 Å². The number of anilines is 1. The number of amides is 1. The zero-order chi connectivity index (χ0) is 19.5. The lowest BCUT2D eigenvalue weighted by atomic mass is 10.3. The van der Waals surface area contributed by atoms with Crippen LogP contribution in [0.4, 0.5) is 5.69 Å². The Labute approximate surface area is 169 Å². The van der Waals surface area contributed by atoms with E-state index in [4.69, 9.17) is 25.8 Å².